The quantitative estimate of drug-likeness (QED) is 0.593. The molecule has 0 atom stereocenters. The van der Waals surface area contributed by atoms with Gasteiger partial charge in [0.2, 0.25) is 0 Å². The van der Waals surface area contributed by atoms with E-state index in [0.717, 1.165) is 16.8 Å². The minimum absolute atomic E-state index is 0.285. The number of nitrogens with one attached hydrogen (secondary N) is 1. The minimum atomic E-state index is -0.285. The molecule has 23 heavy (non-hydrogen) atoms. The van der Waals surface area contributed by atoms with Crippen LogP contribution in [0.2, 0.25) is 0 Å². The molecule has 0 spiro atoms. The van der Waals surface area contributed by atoms with E-state index in [9.17, 15) is 10.0 Å². The normalized spacial score (nSPS) is 10.5. The average Bonchev–Trinajstić information content (AvgIpc) is 2.96. The zero-order valence-corrected chi connectivity index (χ0v) is 13.6. The van der Waals surface area contributed by atoms with Crippen LogP contribution in [-0.4, -0.2) is 10.9 Å². The molecule has 0 bridgehead atoms. The van der Waals surface area contributed by atoms with Gasteiger partial charge in [-0.25, -0.2) is 4.98 Å². The first-order valence-corrected chi connectivity index (χ1v) is 7.94. The van der Waals surface area contributed by atoms with Crippen LogP contribution in [0.3, 0.4) is 0 Å². The summed E-state index contributed by atoms with van der Waals surface area (Å²) in [6, 6.07) is 9.13. The number of hydrogen-bond acceptors (Lipinski definition) is 4. The Kier molecular flexibility index (Phi) is 4.08. The second-order valence-corrected chi connectivity index (χ2v) is 6.12. The van der Waals surface area contributed by atoms with Crippen molar-refractivity contribution in [1.29, 1.82) is 0 Å². The summed E-state index contributed by atoms with van der Waals surface area (Å²) in [5, 5.41) is 16.2. The molecule has 0 radical (unpaired) electrons. The van der Waals surface area contributed by atoms with Crippen molar-refractivity contribution in [3.8, 4) is 11.3 Å². The highest BCUT2D eigenvalue weighted by molar-refractivity contribution is 7.14. The summed E-state index contributed by atoms with van der Waals surface area (Å²) in [7, 11) is 0. The number of aromatic nitrogens is 2. The molecule has 1 amide bonds. The lowest BCUT2D eigenvalue weighted by Crippen LogP contribution is -2.25. The molecule has 3 aromatic rings. The number of aryl methyl sites for hydroxylation is 2. The Labute approximate surface area is 137 Å². The zero-order chi connectivity index (χ0) is 16.4. The topological polar surface area (TPSA) is 68.9 Å². The third kappa shape index (κ3) is 3.37. The van der Waals surface area contributed by atoms with E-state index in [2.05, 4.69) is 23.3 Å². The molecule has 0 saturated carbocycles. The van der Waals surface area contributed by atoms with Gasteiger partial charge in [0.25, 0.3) is 5.91 Å². The van der Waals surface area contributed by atoms with Crippen LogP contribution in [0.5, 0.6) is 0 Å². The van der Waals surface area contributed by atoms with E-state index in [1.807, 2.05) is 24.4 Å². The first-order chi connectivity index (χ1) is 11.0. The van der Waals surface area contributed by atoms with Gasteiger partial charge in [0.05, 0.1) is 11.3 Å². The molecule has 0 saturated heterocycles. The van der Waals surface area contributed by atoms with Crippen molar-refractivity contribution in [2.75, 3.05) is 5.32 Å². The predicted octanol–water partition coefficient (Wildman–Crippen LogP) is 3.31. The zero-order valence-electron chi connectivity index (χ0n) is 12.7. The van der Waals surface area contributed by atoms with Crippen molar-refractivity contribution in [1.82, 2.24) is 4.98 Å². The second-order valence-electron chi connectivity index (χ2n) is 5.26. The highest BCUT2D eigenvalue weighted by Crippen LogP contribution is 2.28. The molecule has 2 aromatic heterocycles. The summed E-state index contributed by atoms with van der Waals surface area (Å²) >= 11 is 1.37. The molecule has 1 N–H and O–H groups in total. The Hall–Kier alpha value is -2.73. The summed E-state index contributed by atoms with van der Waals surface area (Å²) in [6.45, 7) is 4.09. The summed E-state index contributed by atoms with van der Waals surface area (Å²) < 4.78 is 0.637. The monoisotopic (exact) mass is 325 g/mol. The summed E-state index contributed by atoms with van der Waals surface area (Å²) in [5.74, 6) is -0.285. The molecule has 6 heteroatoms. The number of carbonyl (C=O) groups is 1. The summed E-state index contributed by atoms with van der Waals surface area (Å²) in [4.78, 5) is 16.6. The molecular weight excluding hydrogens is 310 g/mol. The van der Waals surface area contributed by atoms with Crippen LogP contribution in [0.4, 0.5) is 5.13 Å². The Balaban J connectivity index is 1.79. The lowest BCUT2D eigenvalue weighted by atomic mass is 10.0. The maximum absolute atomic E-state index is 12.1. The molecule has 2 heterocycles. The van der Waals surface area contributed by atoms with Gasteiger partial charge in [-0.05, 0) is 19.4 Å². The fourth-order valence-corrected chi connectivity index (χ4v) is 2.99. The van der Waals surface area contributed by atoms with E-state index < -0.39 is 0 Å². The molecule has 116 valence electrons. The number of hydrogen-bond donors (Lipinski definition) is 1. The molecule has 1 aromatic carbocycles. The number of anilines is 1. The maximum Gasteiger partial charge on any atom is 0.257 e. The van der Waals surface area contributed by atoms with E-state index in [1.165, 1.54) is 41.4 Å². The van der Waals surface area contributed by atoms with Crippen molar-refractivity contribution in [2.24, 2.45) is 0 Å². The average molecular weight is 325 g/mol. The second kappa shape index (κ2) is 6.18. The Morgan fingerprint density at radius 1 is 1.22 bits per heavy atom. The molecular formula is C17H15N3O2S. The smallest absolute Gasteiger partial charge is 0.257 e. The van der Waals surface area contributed by atoms with E-state index in [0.29, 0.717) is 15.4 Å². The molecule has 3 rings (SSSR count). The van der Waals surface area contributed by atoms with Crippen molar-refractivity contribution in [2.45, 2.75) is 13.8 Å². The van der Waals surface area contributed by atoms with Gasteiger partial charge >= 0.3 is 0 Å². The van der Waals surface area contributed by atoms with Gasteiger partial charge in [-0.1, -0.05) is 23.8 Å². The van der Waals surface area contributed by atoms with Crippen LogP contribution in [0, 0.1) is 19.1 Å². The lowest BCUT2D eigenvalue weighted by molar-refractivity contribution is -0.605. The molecule has 0 unspecified atom stereocenters. The van der Waals surface area contributed by atoms with E-state index in [1.54, 1.807) is 0 Å². The predicted molar refractivity (Wildman–Crippen MR) is 90.4 cm³/mol. The van der Waals surface area contributed by atoms with Gasteiger partial charge in [0.15, 0.2) is 17.5 Å². The van der Waals surface area contributed by atoms with Gasteiger partial charge < -0.3 is 5.21 Å². The number of nitrogens with zero attached hydrogens (tertiary/aromatic N) is 2. The highest BCUT2D eigenvalue weighted by Gasteiger charge is 2.11. The molecule has 5 nitrogen and oxygen atoms in total. The Bertz CT molecular complexity index is 857. The Morgan fingerprint density at radius 3 is 2.65 bits per heavy atom. The lowest BCUT2D eigenvalue weighted by Gasteiger charge is -2.04. The van der Waals surface area contributed by atoms with Crippen molar-refractivity contribution >= 4 is 22.4 Å². The third-order valence-electron chi connectivity index (χ3n) is 3.45. The molecule has 0 aliphatic rings. The van der Waals surface area contributed by atoms with Crippen molar-refractivity contribution in [3.05, 3.63) is 70.0 Å². The van der Waals surface area contributed by atoms with E-state index in [-0.39, 0.29) is 5.91 Å². The molecule has 0 fully saturated rings. The van der Waals surface area contributed by atoms with Gasteiger partial charge in [-0.15, -0.1) is 11.3 Å². The van der Waals surface area contributed by atoms with E-state index >= 15 is 0 Å². The molecule has 0 aliphatic carbocycles. The summed E-state index contributed by atoms with van der Waals surface area (Å²) in [5.41, 5.74) is 4.67. The standard InChI is InChI=1S/C17H15N3O2S/c1-11-3-4-14(12(2)9-11)15-10-23-17(18-15)19-16(21)13-5-7-20(22)8-6-13/h3-10H,1-2H3,(H,18,19,21). The number of amides is 1. The van der Waals surface area contributed by atoms with Crippen LogP contribution in [0.1, 0.15) is 21.5 Å². The number of benzene rings is 1. The number of pyridine rings is 1. The van der Waals surface area contributed by atoms with Crippen molar-refractivity contribution < 1.29 is 9.52 Å². The van der Waals surface area contributed by atoms with Crippen molar-refractivity contribution in [3.63, 3.8) is 0 Å². The Morgan fingerprint density at radius 2 is 1.96 bits per heavy atom. The SMILES string of the molecule is Cc1ccc(-c2csc(NC(=O)c3cc[n+]([O-])cc3)n2)c(C)c1. The summed E-state index contributed by atoms with van der Waals surface area (Å²) in [6.07, 6.45) is 2.58. The fraction of sp³-hybridized carbons (Fsp3) is 0.118. The van der Waals surface area contributed by atoms with Gasteiger partial charge in [-0.2, -0.15) is 4.73 Å². The third-order valence-corrected chi connectivity index (χ3v) is 4.20. The van der Waals surface area contributed by atoms with Crippen LogP contribution in [0.15, 0.2) is 48.1 Å². The fourth-order valence-electron chi connectivity index (χ4n) is 2.29. The van der Waals surface area contributed by atoms with Crippen LogP contribution < -0.4 is 10.0 Å². The maximum atomic E-state index is 12.1. The van der Waals surface area contributed by atoms with Crippen LogP contribution in [0.25, 0.3) is 11.3 Å². The van der Waals surface area contributed by atoms with Gasteiger partial charge in [0, 0.05) is 23.1 Å². The number of thiazole rings is 1. The van der Waals surface area contributed by atoms with Gasteiger partial charge in [-0.3, -0.25) is 10.1 Å². The van der Waals surface area contributed by atoms with Crippen LogP contribution >= 0.6 is 11.3 Å². The number of rotatable bonds is 3. The minimum Gasteiger partial charge on any atom is -0.619 e. The highest BCUT2D eigenvalue weighted by atomic mass is 32.1. The largest absolute Gasteiger partial charge is 0.619 e. The first-order valence-electron chi connectivity index (χ1n) is 7.06. The van der Waals surface area contributed by atoms with E-state index in [4.69, 9.17) is 0 Å². The first kappa shape index (κ1) is 15.2. The molecule has 0 aliphatic heterocycles. The van der Waals surface area contributed by atoms with Gasteiger partial charge in [0.1, 0.15) is 0 Å². The number of carbonyl (C=O) groups excluding carboxylic acids is 1. The van der Waals surface area contributed by atoms with Crippen LogP contribution in [-0.2, 0) is 0 Å².